The van der Waals surface area contributed by atoms with Crippen LogP contribution in [0.4, 0.5) is 28.9 Å². The van der Waals surface area contributed by atoms with Gasteiger partial charge in [0.1, 0.15) is 6.04 Å². The van der Waals surface area contributed by atoms with Crippen LogP contribution in [0, 0.1) is 5.82 Å². The minimum atomic E-state index is -4.30. The number of alkyl halides is 3. The van der Waals surface area contributed by atoms with Crippen molar-refractivity contribution in [2.45, 2.75) is 31.2 Å². The van der Waals surface area contributed by atoms with Crippen molar-refractivity contribution in [3.63, 3.8) is 0 Å². The second kappa shape index (κ2) is 13.4. The first kappa shape index (κ1) is 33.2. The number of oxime groups is 1. The van der Waals surface area contributed by atoms with Crippen molar-refractivity contribution in [2.75, 3.05) is 49.5 Å². The van der Waals surface area contributed by atoms with Crippen molar-refractivity contribution >= 4 is 46.5 Å². The maximum Gasteiger partial charge on any atom is 0.401 e. The molecule has 2 N–H and O–H groups in total. The first-order valence-electron chi connectivity index (χ1n) is 15.2. The van der Waals surface area contributed by atoms with Crippen LogP contribution in [0.25, 0.3) is 0 Å². The van der Waals surface area contributed by atoms with Crippen LogP contribution >= 0.6 is 11.6 Å². The molecule has 0 bridgehead atoms. The summed E-state index contributed by atoms with van der Waals surface area (Å²) < 4.78 is 53.7. The molecule has 1 unspecified atom stereocenters. The van der Waals surface area contributed by atoms with Gasteiger partial charge >= 0.3 is 12.1 Å². The number of aromatic carboxylic acids is 1. The van der Waals surface area contributed by atoms with E-state index in [-0.39, 0.29) is 47.9 Å². The monoisotopic (exact) mass is 687 g/mol. The van der Waals surface area contributed by atoms with Crippen LogP contribution in [-0.4, -0.2) is 90.0 Å². The van der Waals surface area contributed by atoms with Crippen molar-refractivity contribution in [3.05, 3.63) is 93.8 Å². The smallest absolute Gasteiger partial charge is 0.401 e. The zero-order chi connectivity index (χ0) is 34.2. The number of nitrogens with zero attached hydrogens (tertiary/aromatic N) is 4. The molecule has 3 aromatic rings. The van der Waals surface area contributed by atoms with Gasteiger partial charge in [-0.3, -0.25) is 14.5 Å². The zero-order valence-electron chi connectivity index (χ0n) is 25.3. The number of halogens is 5. The van der Waals surface area contributed by atoms with E-state index in [9.17, 15) is 37.1 Å². The van der Waals surface area contributed by atoms with Crippen LogP contribution in [0.15, 0.2) is 65.8 Å². The maximum absolute atomic E-state index is 14.7. The van der Waals surface area contributed by atoms with Gasteiger partial charge in [0.25, 0.3) is 11.8 Å². The van der Waals surface area contributed by atoms with Crippen LogP contribution in [0.5, 0.6) is 0 Å². The molecule has 3 aliphatic heterocycles. The lowest BCUT2D eigenvalue weighted by atomic mass is 9.89. The van der Waals surface area contributed by atoms with E-state index in [1.165, 1.54) is 46.2 Å². The Morgan fingerprint density at radius 2 is 1.69 bits per heavy atom. The fourth-order valence-electron chi connectivity index (χ4n) is 6.35. The van der Waals surface area contributed by atoms with Crippen molar-refractivity contribution in [1.82, 2.24) is 9.80 Å². The summed E-state index contributed by atoms with van der Waals surface area (Å²) in [6.45, 7) is 0.222. The lowest BCUT2D eigenvalue weighted by Gasteiger charge is -2.41. The van der Waals surface area contributed by atoms with Crippen LogP contribution in [0.3, 0.4) is 0 Å². The highest BCUT2D eigenvalue weighted by Gasteiger charge is 2.43. The molecule has 0 aliphatic carbocycles. The zero-order valence-corrected chi connectivity index (χ0v) is 26.1. The molecule has 3 aliphatic rings. The summed E-state index contributed by atoms with van der Waals surface area (Å²) in [6, 6.07) is 14.1. The van der Waals surface area contributed by atoms with Crippen molar-refractivity contribution < 1.29 is 41.9 Å². The molecule has 1 fully saturated rings. The Kier molecular flexibility index (Phi) is 9.30. The third kappa shape index (κ3) is 6.95. The minimum absolute atomic E-state index is 0.0260. The first-order valence-corrected chi connectivity index (χ1v) is 15.5. The summed E-state index contributed by atoms with van der Waals surface area (Å²) in [7, 11) is 0. The molecule has 6 rings (SSSR count). The highest BCUT2D eigenvalue weighted by atomic mass is 35.5. The van der Waals surface area contributed by atoms with Crippen LogP contribution in [0.1, 0.15) is 39.5 Å². The molecular formula is C33H30ClF4N5O5. The summed E-state index contributed by atoms with van der Waals surface area (Å²) in [6.07, 6.45) is -5.15. The number of carbonyl (C=O) groups is 3. The number of carboxylic acids is 1. The van der Waals surface area contributed by atoms with Crippen LogP contribution < -0.4 is 10.2 Å². The SMILES string of the molecule is O=C(O)c1ccc(NC(=O)[C@H]2c3cccc(N4CCN(CC(F)(F)F)CC4)c3CCN2C(=O)C2CC(c3cccc(Cl)c3F)=NO2)cc1. The van der Waals surface area contributed by atoms with E-state index in [0.29, 0.717) is 30.8 Å². The Hall–Kier alpha value is -4.69. The van der Waals surface area contributed by atoms with Gasteiger partial charge in [-0.15, -0.1) is 0 Å². The largest absolute Gasteiger partial charge is 0.478 e. The van der Waals surface area contributed by atoms with E-state index in [2.05, 4.69) is 10.5 Å². The molecule has 10 nitrogen and oxygen atoms in total. The van der Waals surface area contributed by atoms with E-state index in [1.807, 2.05) is 11.0 Å². The number of nitrogens with one attached hydrogen (secondary N) is 1. The van der Waals surface area contributed by atoms with Crippen molar-refractivity contribution in [2.24, 2.45) is 5.16 Å². The maximum atomic E-state index is 14.7. The molecule has 2 amide bonds. The van der Waals surface area contributed by atoms with E-state index < -0.39 is 48.5 Å². The Balaban J connectivity index is 1.27. The number of benzene rings is 3. The molecule has 2 atom stereocenters. The number of rotatable bonds is 7. The molecule has 3 aromatic carbocycles. The van der Waals surface area contributed by atoms with Gasteiger partial charge in [-0.1, -0.05) is 35.0 Å². The molecule has 0 saturated carbocycles. The predicted molar refractivity (Wildman–Crippen MR) is 169 cm³/mol. The number of carbonyl (C=O) groups excluding carboxylic acids is 2. The third-order valence-electron chi connectivity index (χ3n) is 8.65. The van der Waals surface area contributed by atoms with E-state index >= 15 is 0 Å². The number of fused-ring (bicyclic) bond motifs is 1. The Labute approximate surface area is 277 Å². The van der Waals surface area contributed by atoms with Gasteiger partial charge in [-0.05, 0) is 60.0 Å². The van der Waals surface area contributed by atoms with Gasteiger partial charge in [0.2, 0.25) is 6.10 Å². The average Bonchev–Trinajstić information content (AvgIpc) is 3.55. The Morgan fingerprint density at radius 1 is 0.979 bits per heavy atom. The molecular weight excluding hydrogens is 658 g/mol. The Bertz CT molecular complexity index is 1760. The summed E-state index contributed by atoms with van der Waals surface area (Å²) in [4.78, 5) is 49.6. The van der Waals surface area contributed by atoms with E-state index in [4.69, 9.17) is 16.4 Å². The number of anilines is 2. The highest BCUT2D eigenvalue weighted by molar-refractivity contribution is 6.31. The predicted octanol–water partition coefficient (Wildman–Crippen LogP) is 5.12. The number of amides is 2. The van der Waals surface area contributed by atoms with Crippen molar-refractivity contribution in [1.29, 1.82) is 0 Å². The summed E-state index contributed by atoms with van der Waals surface area (Å²) >= 11 is 5.94. The van der Waals surface area contributed by atoms with Gasteiger partial charge in [0, 0.05) is 56.1 Å². The quantitative estimate of drug-likeness (QED) is 0.332. The Morgan fingerprint density at radius 3 is 2.38 bits per heavy atom. The second-order valence-corrected chi connectivity index (χ2v) is 12.1. The number of piperazine rings is 1. The van der Waals surface area contributed by atoms with Gasteiger partial charge in [0.15, 0.2) is 5.82 Å². The van der Waals surface area contributed by atoms with E-state index in [1.54, 1.807) is 18.2 Å². The van der Waals surface area contributed by atoms with Crippen molar-refractivity contribution in [3.8, 4) is 0 Å². The van der Waals surface area contributed by atoms with E-state index in [0.717, 1.165) is 11.3 Å². The number of carboxylic acid groups (broad SMARTS) is 1. The second-order valence-electron chi connectivity index (χ2n) is 11.7. The molecule has 252 valence electrons. The third-order valence-corrected chi connectivity index (χ3v) is 8.94. The first-order chi connectivity index (χ1) is 22.9. The van der Waals surface area contributed by atoms with Gasteiger partial charge < -0.3 is 25.1 Å². The summed E-state index contributed by atoms with van der Waals surface area (Å²) in [5.41, 5.74) is 2.72. The summed E-state index contributed by atoms with van der Waals surface area (Å²) in [5.74, 6) is -2.94. The van der Waals surface area contributed by atoms with Crippen LogP contribution in [-0.2, 0) is 20.8 Å². The standard InChI is InChI=1S/C33H30ClF4N5O5/c34-24-5-1-4-23(28(24)35)25-17-27(48-40-25)31(45)43-12-11-21-22(29(43)30(44)39-20-9-7-19(8-10-20)32(46)47)3-2-6-26(21)42-15-13-41(14-16-42)18-33(36,37)38/h1-10,27,29H,11-18H2,(H,39,44)(H,46,47)/t27?,29-/m1/s1. The fraction of sp³-hybridized carbons (Fsp3) is 0.333. The lowest BCUT2D eigenvalue weighted by Crippen LogP contribution is -2.51. The highest BCUT2D eigenvalue weighted by Crippen LogP contribution is 2.38. The topological polar surface area (TPSA) is 115 Å². The lowest BCUT2D eigenvalue weighted by molar-refractivity contribution is -0.148. The molecule has 0 spiro atoms. The number of hydrogen-bond acceptors (Lipinski definition) is 7. The minimum Gasteiger partial charge on any atom is -0.478 e. The molecule has 0 radical (unpaired) electrons. The fourth-order valence-corrected chi connectivity index (χ4v) is 6.53. The number of hydrogen-bond donors (Lipinski definition) is 2. The molecule has 0 aromatic heterocycles. The molecule has 48 heavy (non-hydrogen) atoms. The molecule has 1 saturated heterocycles. The summed E-state index contributed by atoms with van der Waals surface area (Å²) in [5, 5.41) is 15.9. The van der Waals surface area contributed by atoms with Gasteiger partial charge in [-0.25, -0.2) is 9.18 Å². The molecule has 15 heteroatoms. The average molecular weight is 688 g/mol. The molecule has 3 heterocycles. The van der Waals surface area contributed by atoms with Crippen LogP contribution in [0.2, 0.25) is 5.02 Å². The normalized spacial score (nSPS) is 19.7. The van der Waals surface area contributed by atoms with Gasteiger partial charge in [0.05, 0.1) is 22.8 Å². The van der Waals surface area contributed by atoms with Gasteiger partial charge in [-0.2, -0.15) is 13.2 Å².